The molecule has 1 unspecified atom stereocenters. The summed E-state index contributed by atoms with van der Waals surface area (Å²) in [6, 6.07) is 87.4. The van der Waals surface area contributed by atoms with Crippen molar-refractivity contribution in [3.63, 3.8) is 0 Å². The van der Waals surface area contributed by atoms with Crippen LogP contribution in [-0.4, -0.2) is 0 Å². The Morgan fingerprint density at radius 2 is 0.635 bits per heavy atom. The van der Waals surface area contributed by atoms with Crippen LogP contribution in [0.15, 0.2) is 267 Å². The fourth-order valence-corrected chi connectivity index (χ4v) is 8.68. The van der Waals surface area contributed by atoms with Crippen LogP contribution in [0.3, 0.4) is 0 Å². The van der Waals surface area contributed by atoms with Gasteiger partial charge >= 0.3 is 0 Å². The average Bonchev–Trinajstić information content (AvgIpc) is 3.37. The van der Waals surface area contributed by atoms with Crippen LogP contribution in [0.5, 0.6) is 0 Å². The average molecular weight is 809 g/mol. The summed E-state index contributed by atoms with van der Waals surface area (Å²) in [5.41, 5.74) is 18.0. The third kappa shape index (κ3) is 8.93. The minimum atomic E-state index is 0.374. The Labute approximate surface area is 372 Å². The van der Waals surface area contributed by atoms with E-state index in [0.717, 1.165) is 41.3 Å². The van der Waals surface area contributed by atoms with Gasteiger partial charge in [-0.3, -0.25) is 0 Å². The van der Waals surface area contributed by atoms with Gasteiger partial charge < -0.3 is 9.80 Å². The van der Waals surface area contributed by atoms with Crippen molar-refractivity contribution in [2.75, 3.05) is 9.80 Å². The molecule has 9 aromatic rings. The topological polar surface area (TPSA) is 6.48 Å². The van der Waals surface area contributed by atoms with Gasteiger partial charge in [-0.05, 0) is 130 Å². The molecule has 0 aliphatic heterocycles. The van der Waals surface area contributed by atoms with Crippen LogP contribution in [0.1, 0.15) is 29.0 Å². The van der Waals surface area contributed by atoms with Crippen LogP contribution >= 0.6 is 0 Å². The van der Waals surface area contributed by atoms with Crippen LogP contribution in [0, 0.1) is 0 Å². The predicted octanol–water partition coefficient (Wildman–Crippen LogP) is 16.5. The SMILES string of the molecule is C1=CC(c2ccccc2)CC=C1N(c1ccc(Cc2ccc(N(c3ccc(-c4ccccc4)cc3)c3ccc(-c4ccccc4)cc3)cc2)cc1)c1ccc(-c2ccccc2)cc1. The van der Waals surface area contributed by atoms with Gasteiger partial charge in [0.1, 0.15) is 0 Å². The number of hydrogen-bond donors (Lipinski definition) is 0. The molecule has 0 N–H and O–H groups in total. The highest BCUT2D eigenvalue weighted by Crippen LogP contribution is 2.39. The van der Waals surface area contributed by atoms with Crippen LogP contribution in [-0.2, 0) is 6.42 Å². The number of allylic oxidation sites excluding steroid dienone is 3. The number of anilines is 5. The monoisotopic (exact) mass is 808 g/mol. The third-order valence-electron chi connectivity index (χ3n) is 12.1. The minimum absolute atomic E-state index is 0.374. The molecule has 63 heavy (non-hydrogen) atoms. The molecule has 302 valence electrons. The van der Waals surface area contributed by atoms with Gasteiger partial charge in [0.2, 0.25) is 0 Å². The molecule has 0 spiro atoms. The molecule has 0 radical (unpaired) electrons. The first kappa shape index (κ1) is 39.2. The fourth-order valence-electron chi connectivity index (χ4n) is 8.68. The lowest BCUT2D eigenvalue weighted by Gasteiger charge is -2.29. The van der Waals surface area contributed by atoms with Gasteiger partial charge in [0, 0.05) is 40.1 Å². The quantitative estimate of drug-likeness (QED) is 0.121. The van der Waals surface area contributed by atoms with Gasteiger partial charge in [0.05, 0.1) is 0 Å². The molecule has 1 aliphatic carbocycles. The van der Waals surface area contributed by atoms with Crippen LogP contribution in [0.4, 0.5) is 28.4 Å². The largest absolute Gasteiger partial charge is 0.311 e. The molecule has 1 atom stereocenters. The van der Waals surface area contributed by atoms with Crippen molar-refractivity contribution < 1.29 is 0 Å². The zero-order valence-corrected chi connectivity index (χ0v) is 35.2. The predicted molar refractivity (Wildman–Crippen MR) is 266 cm³/mol. The molecule has 0 aromatic heterocycles. The van der Waals surface area contributed by atoms with Gasteiger partial charge in [-0.15, -0.1) is 0 Å². The molecular weight excluding hydrogens is 761 g/mol. The van der Waals surface area contributed by atoms with Crippen molar-refractivity contribution in [1.29, 1.82) is 0 Å². The summed E-state index contributed by atoms with van der Waals surface area (Å²) in [4.78, 5) is 4.73. The smallest absolute Gasteiger partial charge is 0.0462 e. The first-order valence-electron chi connectivity index (χ1n) is 21.9. The Balaban J connectivity index is 0.908. The fraction of sp³-hybridized carbons (Fsp3) is 0.0492. The molecule has 0 saturated heterocycles. The maximum absolute atomic E-state index is 2.39. The molecule has 9 aromatic carbocycles. The summed E-state index contributed by atoms with van der Waals surface area (Å²) in [7, 11) is 0. The Morgan fingerprint density at radius 1 is 0.317 bits per heavy atom. The molecule has 0 heterocycles. The molecule has 1 aliphatic rings. The lowest BCUT2D eigenvalue weighted by Crippen LogP contribution is -2.17. The van der Waals surface area contributed by atoms with Crippen molar-refractivity contribution in [2.24, 2.45) is 0 Å². The van der Waals surface area contributed by atoms with Crippen molar-refractivity contribution in [3.8, 4) is 33.4 Å². The second-order valence-corrected chi connectivity index (χ2v) is 16.2. The lowest BCUT2D eigenvalue weighted by molar-refractivity contribution is 0.840. The summed E-state index contributed by atoms with van der Waals surface area (Å²) >= 11 is 0. The van der Waals surface area contributed by atoms with Crippen molar-refractivity contribution in [2.45, 2.75) is 18.8 Å². The highest BCUT2D eigenvalue weighted by molar-refractivity contribution is 5.80. The normalized spacial score (nSPS) is 13.3. The van der Waals surface area contributed by atoms with E-state index >= 15 is 0 Å². The molecule has 0 bridgehead atoms. The summed E-state index contributed by atoms with van der Waals surface area (Å²) < 4.78 is 0. The van der Waals surface area contributed by atoms with Crippen LogP contribution in [0.25, 0.3) is 33.4 Å². The van der Waals surface area contributed by atoms with Gasteiger partial charge in [0.15, 0.2) is 0 Å². The van der Waals surface area contributed by atoms with E-state index < -0.39 is 0 Å². The summed E-state index contributed by atoms with van der Waals surface area (Å²) in [5.74, 6) is 0.374. The van der Waals surface area contributed by atoms with E-state index in [4.69, 9.17) is 0 Å². The maximum Gasteiger partial charge on any atom is 0.0462 e. The van der Waals surface area contributed by atoms with Crippen molar-refractivity contribution in [1.82, 2.24) is 0 Å². The van der Waals surface area contributed by atoms with Crippen molar-refractivity contribution in [3.05, 3.63) is 283 Å². The third-order valence-corrected chi connectivity index (χ3v) is 12.1. The van der Waals surface area contributed by atoms with E-state index in [1.165, 1.54) is 55.8 Å². The van der Waals surface area contributed by atoms with Crippen molar-refractivity contribution >= 4 is 28.4 Å². The second-order valence-electron chi connectivity index (χ2n) is 16.2. The van der Waals surface area contributed by atoms with Gasteiger partial charge in [-0.25, -0.2) is 0 Å². The molecule has 2 nitrogen and oxygen atoms in total. The first-order chi connectivity index (χ1) is 31.2. The van der Waals surface area contributed by atoms with Gasteiger partial charge in [-0.2, -0.15) is 0 Å². The second kappa shape index (κ2) is 18.4. The highest BCUT2D eigenvalue weighted by Gasteiger charge is 2.19. The zero-order chi connectivity index (χ0) is 42.2. The van der Waals surface area contributed by atoms with E-state index in [9.17, 15) is 0 Å². The Hall–Kier alpha value is -7.94. The number of benzene rings is 9. The summed E-state index contributed by atoms with van der Waals surface area (Å²) in [5, 5.41) is 0. The van der Waals surface area contributed by atoms with E-state index in [1.807, 2.05) is 0 Å². The Bertz CT molecular complexity index is 2840. The number of rotatable bonds is 12. The number of hydrogen-bond acceptors (Lipinski definition) is 2. The maximum atomic E-state index is 2.39. The van der Waals surface area contributed by atoms with Gasteiger partial charge in [0.25, 0.3) is 0 Å². The highest BCUT2D eigenvalue weighted by atomic mass is 15.1. The Kier molecular flexibility index (Phi) is 11.4. The molecular formula is C61H48N2. The summed E-state index contributed by atoms with van der Waals surface area (Å²) in [6.45, 7) is 0. The van der Waals surface area contributed by atoms with Gasteiger partial charge in [-0.1, -0.05) is 194 Å². The molecule has 0 fully saturated rings. The van der Waals surface area contributed by atoms with E-state index in [2.05, 4.69) is 271 Å². The molecule has 2 heteroatoms. The van der Waals surface area contributed by atoms with E-state index in [1.54, 1.807) is 0 Å². The first-order valence-corrected chi connectivity index (χ1v) is 21.9. The zero-order valence-electron chi connectivity index (χ0n) is 35.2. The minimum Gasteiger partial charge on any atom is -0.311 e. The van der Waals surface area contributed by atoms with E-state index in [-0.39, 0.29) is 0 Å². The molecule has 0 saturated carbocycles. The lowest BCUT2D eigenvalue weighted by atomic mass is 9.91. The van der Waals surface area contributed by atoms with Crippen LogP contribution < -0.4 is 9.80 Å². The molecule has 0 amide bonds. The summed E-state index contributed by atoms with van der Waals surface area (Å²) in [6.07, 6.45) is 8.83. The van der Waals surface area contributed by atoms with Crippen LogP contribution in [0.2, 0.25) is 0 Å². The standard InChI is InChI=1S/C61H48N2/c1-5-13-48(14-6-1)52-25-37-58(38-26-52)62(59-39-27-53(28-40-59)49-15-7-2-8-16-49)56-33-21-46(22-34-56)45-47-23-35-57(36-24-47)63(60-41-29-54(30-42-60)50-17-9-3-10-18-50)61-43-31-55(32-44-61)51-19-11-4-12-20-51/h1-31,33-44,55H,32,45H2. The van der Waals surface area contributed by atoms with E-state index in [0.29, 0.717) is 5.92 Å². The number of nitrogens with zero attached hydrogens (tertiary/aromatic N) is 2. The Morgan fingerprint density at radius 3 is 0.984 bits per heavy atom. The molecule has 10 rings (SSSR count).